The van der Waals surface area contributed by atoms with Crippen LogP contribution in [0.15, 0.2) is 29.3 Å². The van der Waals surface area contributed by atoms with E-state index in [0.29, 0.717) is 25.2 Å². The Morgan fingerprint density at radius 1 is 1.23 bits per heavy atom. The van der Waals surface area contributed by atoms with E-state index < -0.39 is 0 Å². The first-order valence-corrected chi connectivity index (χ1v) is 11.0. The Hall–Kier alpha value is -2.12. The zero-order valence-corrected chi connectivity index (χ0v) is 18.6. The molecule has 2 atom stereocenters. The van der Waals surface area contributed by atoms with Crippen LogP contribution in [0.1, 0.15) is 24.0 Å². The standard InChI is InChI=1S/C23H36N4O3/c1-26(2)22(28)15-24-23(27-11-10-18(16-27)17-30-13-12-29-3)25-21-9-8-19-6-4-5-7-20(19)14-21/h4-7,18,21H,8-17H2,1-3H3,(H,24,25). The topological polar surface area (TPSA) is 66.4 Å². The minimum Gasteiger partial charge on any atom is -0.382 e. The van der Waals surface area contributed by atoms with Crippen molar-refractivity contribution in [3.05, 3.63) is 35.4 Å². The van der Waals surface area contributed by atoms with Crippen molar-refractivity contribution in [1.29, 1.82) is 0 Å². The van der Waals surface area contributed by atoms with Gasteiger partial charge in [-0.1, -0.05) is 24.3 Å². The van der Waals surface area contributed by atoms with Crippen LogP contribution in [-0.2, 0) is 27.1 Å². The van der Waals surface area contributed by atoms with Crippen LogP contribution in [0.4, 0.5) is 0 Å². The molecule has 1 heterocycles. The summed E-state index contributed by atoms with van der Waals surface area (Å²) in [6.07, 6.45) is 4.22. The maximum absolute atomic E-state index is 12.1. The molecule has 0 spiro atoms. The Balaban J connectivity index is 1.61. The molecule has 1 saturated heterocycles. The van der Waals surface area contributed by atoms with E-state index in [0.717, 1.165) is 51.3 Å². The quantitative estimate of drug-likeness (QED) is 0.396. The molecule has 0 bridgehead atoms. The highest BCUT2D eigenvalue weighted by Gasteiger charge is 2.28. The third kappa shape index (κ3) is 6.44. The van der Waals surface area contributed by atoms with Gasteiger partial charge in [-0.2, -0.15) is 0 Å². The lowest BCUT2D eigenvalue weighted by atomic mass is 9.88. The molecule has 2 unspecified atom stereocenters. The molecule has 1 amide bonds. The molecule has 3 rings (SSSR count). The molecule has 1 aliphatic heterocycles. The van der Waals surface area contributed by atoms with Crippen molar-refractivity contribution in [1.82, 2.24) is 15.1 Å². The molecular weight excluding hydrogens is 380 g/mol. The minimum absolute atomic E-state index is 0.0157. The first kappa shape index (κ1) is 22.6. The van der Waals surface area contributed by atoms with Crippen molar-refractivity contribution in [3.8, 4) is 0 Å². The molecule has 0 radical (unpaired) electrons. The first-order valence-electron chi connectivity index (χ1n) is 11.0. The number of aliphatic imine (C=N–C) groups is 1. The minimum atomic E-state index is 0.0157. The number of guanidine groups is 1. The van der Waals surface area contributed by atoms with Crippen molar-refractivity contribution in [2.24, 2.45) is 10.9 Å². The van der Waals surface area contributed by atoms with Gasteiger partial charge in [0, 0.05) is 46.3 Å². The summed E-state index contributed by atoms with van der Waals surface area (Å²) in [4.78, 5) is 20.7. The summed E-state index contributed by atoms with van der Waals surface area (Å²) in [6.45, 7) is 4.00. The smallest absolute Gasteiger partial charge is 0.243 e. The lowest BCUT2D eigenvalue weighted by molar-refractivity contribution is -0.127. The number of nitrogens with one attached hydrogen (secondary N) is 1. The molecule has 1 N–H and O–H groups in total. The van der Waals surface area contributed by atoms with E-state index in [1.165, 1.54) is 11.1 Å². The van der Waals surface area contributed by atoms with Gasteiger partial charge in [-0.05, 0) is 36.8 Å². The molecule has 1 aromatic rings. The van der Waals surface area contributed by atoms with Crippen LogP contribution in [0, 0.1) is 5.92 Å². The lowest BCUT2D eigenvalue weighted by Gasteiger charge is -2.30. The van der Waals surface area contributed by atoms with Crippen LogP contribution >= 0.6 is 0 Å². The second-order valence-electron chi connectivity index (χ2n) is 8.45. The van der Waals surface area contributed by atoms with E-state index in [-0.39, 0.29) is 12.5 Å². The van der Waals surface area contributed by atoms with Gasteiger partial charge in [0.15, 0.2) is 5.96 Å². The maximum atomic E-state index is 12.1. The van der Waals surface area contributed by atoms with Crippen LogP contribution in [0.2, 0.25) is 0 Å². The first-order chi connectivity index (χ1) is 14.6. The van der Waals surface area contributed by atoms with Gasteiger partial charge in [0.1, 0.15) is 6.54 Å². The number of likely N-dealkylation sites (tertiary alicyclic amines) is 1. The van der Waals surface area contributed by atoms with Gasteiger partial charge in [0.2, 0.25) is 5.91 Å². The fraction of sp³-hybridized carbons (Fsp3) is 0.652. The van der Waals surface area contributed by atoms with Gasteiger partial charge in [0.25, 0.3) is 0 Å². The lowest BCUT2D eigenvalue weighted by Crippen LogP contribution is -2.47. The zero-order valence-electron chi connectivity index (χ0n) is 18.6. The number of hydrogen-bond acceptors (Lipinski definition) is 4. The number of amides is 1. The highest BCUT2D eigenvalue weighted by molar-refractivity contribution is 5.85. The summed E-state index contributed by atoms with van der Waals surface area (Å²) in [5.41, 5.74) is 2.86. The van der Waals surface area contributed by atoms with E-state index >= 15 is 0 Å². The van der Waals surface area contributed by atoms with E-state index in [9.17, 15) is 4.79 Å². The third-order valence-corrected chi connectivity index (χ3v) is 5.91. The maximum Gasteiger partial charge on any atom is 0.243 e. The number of benzene rings is 1. The number of nitrogens with zero attached hydrogens (tertiary/aromatic N) is 3. The number of methoxy groups -OCH3 is 1. The Labute approximate surface area is 180 Å². The fourth-order valence-electron chi connectivity index (χ4n) is 4.08. The van der Waals surface area contributed by atoms with Crippen molar-refractivity contribution >= 4 is 11.9 Å². The van der Waals surface area contributed by atoms with Gasteiger partial charge in [-0.25, -0.2) is 4.99 Å². The molecule has 166 valence electrons. The summed E-state index contributed by atoms with van der Waals surface area (Å²) < 4.78 is 10.8. The molecule has 7 nitrogen and oxygen atoms in total. The Morgan fingerprint density at radius 2 is 2.03 bits per heavy atom. The number of likely N-dealkylation sites (N-methyl/N-ethyl adjacent to an activating group) is 1. The number of aryl methyl sites for hydroxylation is 1. The Bertz CT molecular complexity index is 722. The molecule has 2 aliphatic rings. The van der Waals surface area contributed by atoms with Crippen molar-refractivity contribution in [3.63, 3.8) is 0 Å². The van der Waals surface area contributed by atoms with Gasteiger partial charge >= 0.3 is 0 Å². The second-order valence-corrected chi connectivity index (χ2v) is 8.45. The summed E-state index contributed by atoms with van der Waals surface area (Å²) in [6, 6.07) is 9.01. The van der Waals surface area contributed by atoms with Crippen molar-refractivity contribution in [2.75, 3.05) is 60.7 Å². The molecular formula is C23H36N4O3. The monoisotopic (exact) mass is 416 g/mol. The number of fused-ring (bicyclic) bond motifs is 1. The Morgan fingerprint density at radius 3 is 2.80 bits per heavy atom. The van der Waals surface area contributed by atoms with Gasteiger partial charge < -0.3 is 24.6 Å². The van der Waals surface area contributed by atoms with Crippen LogP contribution in [0.5, 0.6) is 0 Å². The summed E-state index contributed by atoms with van der Waals surface area (Å²) in [5, 5.41) is 3.67. The molecule has 7 heteroatoms. The van der Waals surface area contributed by atoms with Crippen molar-refractivity contribution in [2.45, 2.75) is 31.7 Å². The summed E-state index contributed by atoms with van der Waals surface area (Å²) >= 11 is 0. The van der Waals surface area contributed by atoms with Crippen molar-refractivity contribution < 1.29 is 14.3 Å². The van der Waals surface area contributed by atoms with E-state index in [1.54, 1.807) is 26.1 Å². The second kappa shape index (κ2) is 11.3. The van der Waals surface area contributed by atoms with Crippen LogP contribution in [-0.4, -0.2) is 88.4 Å². The van der Waals surface area contributed by atoms with Gasteiger partial charge in [-0.15, -0.1) is 0 Å². The Kier molecular flexibility index (Phi) is 8.51. The largest absolute Gasteiger partial charge is 0.382 e. The van der Waals surface area contributed by atoms with E-state index in [1.807, 2.05) is 0 Å². The number of hydrogen-bond donors (Lipinski definition) is 1. The van der Waals surface area contributed by atoms with Crippen LogP contribution < -0.4 is 5.32 Å². The van der Waals surface area contributed by atoms with Gasteiger partial charge in [0.05, 0.1) is 19.8 Å². The van der Waals surface area contributed by atoms with E-state index in [2.05, 4.69) is 34.5 Å². The average molecular weight is 417 g/mol. The number of rotatable bonds is 8. The number of carbonyl (C=O) groups is 1. The predicted octanol–water partition coefficient (Wildman–Crippen LogP) is 1.56. The molecule has 0 saturated carbocycles. The summed E-state index contributed by atoms with van der Waals surface area (Å²) in [5.74, 6) is 1.35. The number of ether oxygens (including phenoxy) is 2. The van der Waals surface area contributed by atoms with Crippen LogP contribution in [0.3, 0.4) is 0 Å². The summed E-state index contributed by atoms with van der Waals surface area (Å²) in [7, 11) is 5.23. The highest BCUT2D eigenvalue weighted by Crippen LogP contribution is 2.22. The third-order valence-electron chi connectivity index (χ3n) is 5.91. The fourth-order valence-corrected chi connectivity index (χ4v) is 4.08. The molecule has 30 heavy (non-hydrogen) atoms. The van der Waals surface area contributed by atoms with E-state index in [4.69, 9.17) is 14.5 Å². The molecule has 1 fully saturated rings. The highest BCUT2D eigenvalue weighted by atomic mass is 16.5. The number of carbonyl (C=O) groups excluding carboxylic acids is 1. The normalized spacial score (nSPS) is 21.4. The molecule has 1 aliphatic carbocycles. The van der Waals surface area contributed by atoms with Gasteiger partial charge in [-0.3, -0.25) is 4.79 Å². The van der Waals surface area contributed by atoms with Crippen LogP contribution in [0.25, 0.3) is 0 Å². The zero-order chi connectivity index (χ0) is 21.3. The SMILES string of the molecule is COCCOCC1CCN(C(=NCC(=O)N(C)C)NC2CCc3ccccc3C2)C1. The molecule has 1 aromatic carbocycles. The molecule has 0 aromatic heterocycles. The average Bonchev–Trinajstić information content (AvgIpc) is 3.22. The predicted molar refractivity (Wildman–Crippen MR) is 119 cm³/mol.